The lowest BCUT2D eigenvalue weighted by Crippen LogP contribution is -2.02. The van der Waals surface area contributed by atoms with Crippen LogP contribution in [-0.4, -0.2) is 18.1 Å². The SMILES string of the molecule is CCSCCCNc1ccc(Br)c(F)c1. The molecule has 1 nitrogen and oxygen atoms in total. The van der Waals surface area contributed by atoms with Gasteiger partial charge >= 0.3 is 0 Å². The van der Waals surface area contributed by atoms with E-state index in [0.29, 0.717) is 4.47 Å². The molecule has 0 aliphatic heterocycles. The van der Waals surface area contributed by atoms with Gasteiger partial charge in [-0.2, -0.15) is 11.8 Å². The predicted molar refractivity (Wildman–Crippen MR) is 70.2 cm³/mol. The maximum absolute atomic E-state index is 13.1. The van der Waals surface area contributed by atoms with Gasteiger partial charge in [-0.3, -0.25) is 0 Å². The molecule has 15 heavy (non-hydrogen) atoms. The zero-order chi connectivity index (χ0) is 11.1. The molecule has 1 rings (SSSR count). The summed E-state index contributed by atoms with van der Waals surface area (Å²) in [5.74, 6) is 2.10. The molecule has 0 fully saturated rings. The van der Waals surface area contributed by atoms with E-state index >= 15 is 0 Å². The van der Waals surface area contributed by atoms with E-state index in [1.807, 2.05) is 17.8 Å². The standard InChI is InChI=1S/C11H15BrFNS/c1-2-15-7-3-6-14-9-4-5-10(12)11(13)8-9/h4-5,8,14H,2-3,6-7H2,1H3. The number of rotatable bonds is 6. The third-order valence-electron chi connectivity index (χ3n) is 1.92. The fraction of sp³-hybridized carbons (Fsp3) is 0.455. The molecule has 0 aliphatic carbocycles. The maximum Gasteiger partial charge on any atom is 0.139 e. The van der Waals surface area contributed by atoms with Crippen LogP contribution < -0.4 is 5.32 Å². The molecule has 0 unspecified atom stereocenters. The molecule has 0 saturated heterocycles. The van der Waals surface area contributed by atoms with E-state index in [0.717, 1.165) is 30.2 Å². The summed E-state index contributed by atoms with van der Waals surface area (Å²) in [7, 11) is 0. The van der Waals surface area contributed by atoms with Gasteiger partial charge in [0.2, 0.25) is 0 Å². The fourth-order valence-electron chi connectivity index (χ4n) is 1.16. The Hall–Kier alpha value is -0.220. The Morgan fingerprint density at radius 1 is 1.47 bits per heavy atom. The van der Waals surface area contributed by atoms with Crippen LogP contribution in [0.5, 0.6) is 0 Å². The second kappa shape index (κ2) is 7.12. The van der Waals surface area contributed by atoms with Crippen LogP contribution in [0.1, 0.15) is 13.3 Å². The number of benzene rings is 1. The Labute approximate surface area is 103 Å². The maximum atomic E-state index is 13.1. The zero-order valence-electron chi connectivity index (χ0n) is 8.72. The van der Waals surface area contributed by atoms with Gasteiger partial charge < -0.3 is 5.32 Å². The van der Waals surface area contributed by atoms with Crippen LogP contribution in [-0.2, 0) is 0 Å². The molecule has 0 aromatic heterocycles. The quantitative estimate of drug-likeness (QED) is 0.791. The van der Waals surface area contributed by atoms with Crippen LogP contribution >= 0.6 is 27.7 Å². The second-order valence-corrected chi connectivity index (χ2v) is 5.35. The van der Waals surface area contributed by atoms with Gasteiger partial charge in [-0.1, -0.05) is 6.92 Å². The summed E-state index contributed by atoms with van der Waals surface area (Å²) in [5.41, 5.74) is 0.845. The summed E-state index contributed by atoms with van der Waals surface area (Å²) in [4.78, 5) is 0. The third kappa shape index (κ3) is 4.89. The Morgan fingerprint density at radius 3 is 2.93 bits per heavy atom. The topological polar surface area (TPSA) is 12.0 Å². The van der Waals surface area contributed by atoms with Gasteiger partial charge in [0.05, 0.1) is 4.47 Å². The Morgan fingerprint density at radius 2 is 2.27 bits per heavy atom. The summed E-state index contributed by atoms with van der Waals surface area (Å²) in [6, 6.07) is 5.11. The van der Waals surface area contributed by atoms with Crippen LogP contribution in [0.25, 0.3) is 0 Å². The van der Waals surface area contributed by atoms with Crippen molar-refractivity contribution in [2.45, 2.75) is 13.3 Å². The van der Waals surface area contributed by atoms with Crippen molar-refractivity contribution in [3.05, 3.63) is 28.5 Å². The van der Waals surface area contributed by atoms with Crippen molar-refractivity contribution < 1.29 is 4.39 Å². The molecular formula is C11H15BrFNS. The largest absolute Gasteiger partial charge is 0.385 e. The van der Waals surface area contributed by atoms with Crippen molar-refractivity contribution in [3.63, 3.8) is 0 Å². The van der Waals surface area contributed by atoms with Gasteiger partial charge in [-0.15, -0.1) is 0 Å². The Bertz CT molecular complexity index is 307. The van der Waals surface area contributed by atoms with E-state index in [4.69, 9.17) is 0 Å². The lowest BCUT2D eigenvalue weighted by atomic mass is 10.3. The van der Waals surface area contributed by atoms with Crippen molar-refractivity contribution in [2.24, 2.45) is 0 Å². The molecule has 1 N–H and O–H groups in total. The first-order chi connectivity index (χ1) is 7.24. The van der Waals surface area contributed by atoms with Crippen LogP contribution in [0, 0.1) is 5.82 Å². The Balaban J connectivity index is 2.28. The molecule has 84 valence electrons. The van der Waals surface area contributed by atoms with Gasteiger partial charge in [0, 0.05) is 12.2 Å². The van der Waals surface area contributed by atoms with Gasteiger partial charge in [0.15, 0.2) is 0 Å². The van der Waals surface area contributed by atoms with Crippen molar-refractivity contribution in [3.8, 4) is 0 Å². The number of thioether (sulfide) groups is 1. The molecule has 0 bridgehead atoms. The molecule has 0 amide bonds. The third-order valence-corrected chi connectivity index (χ3v) is 3.55. The lowest BCUT2D eigenvalue weighted by Gasteiger charge is -2.06. The molecular weight excluding hydrogens is 277 g/mol. The van der Waals surface area contributed by atoms with E-state index < -0.39 is 0 Å². The van der Waals surface area contributed by atoms with Crippen LogP contribution in [0.15, 0.2) is 22.7 Å². The first kappa shape index (κ1) is 12.8. The highest BCUT2D eigenvalue weighted by Crippen LogP contribution is 2.19. The van der Waals surface area contributed by atoms with Crippen LogP contribution in [0.3, 0.4) is 0 Å². The second-order valence-electron chi connectivity index (χ2n) is 3.11. The van der Waals surface area contributed by atoms with Gasteiger partial charge in [0.1, 0.15) is 5.82 Å². The van der Waals surface area contributed by atoms with E-state index in [9.17, 15) is 4.39 Å². The first-order valence-corrected chi connectivity index (χ1v) is 6.95. The van der Waals surface area contributed by atoms with Crippen LogP contribution in [0.4, 0.5) is 10.1 Å². The van der Waals surface area contributed by atoms with Crippen molar-refractivity contribution >= 4 is 33.4 Å². The minimum absolute atomic E-state index is 0.220. The first-order valence-electron chi connectivity index (χ1n) is 5.00. The number of hydrogen-bond donors (Lipinski definition) is 1. The summed E-state index contributed by atoms with van der Waals surface area (Å²) < 4.78 is 13.6. The Kier molecular flexibility index (Phi) is 6.10. The summed E-state index contributed by atoms with van der Waals surface area (Å²) in [5, 5.41) is 3.20. The zero-order valence-corrected chi connectivity index (χ0v) is 11.1. The van der Waals surface area contributed by atoms with Gasteiger partial charge in [-0.05, 0) is 52.1 Å². The molecule has 1 aromatic carbocycles. The molecule has 0 saturated carbocycles. The van der Waals surface area contributed by atoms with Crippen molar-refractivity contribution in [1.29, 1.82) is 0 Å². The average Bonchev–Trinajstić information content (AvgIpc) is 2.23. The highest BCUT2D eigenvalue weighted by atomic mass is 79.9. The number of nitrogens with one attached hydrogen (secondary N) is 1. The number of halogens is 2. The molecule has 0 heterocycles. The fourth-order valence-corrected chi connectivity index (χ4v) is 2.04. The summed E-state index contributed by atoms with van der Waals surface area (Å²) in [6.07, 6.45) is 1.11. The molecule has 0 radical (unpaired) electrons. The predicted octanol–water partition coefficient (Wildman–Crippen LogP) is 4.14. The molecule has 0 atom stereocenters. The normalized spacial score (nSPS) is 10.3. The molecule has 4 heteroatoms. The van der Waals surface area contributed by atoms with Crippen molar-refractivity contribution in [2.75, 3.05) is 23.4 Å². The minimum Gasteiger partial charge on any atom is -0.385 e. The van der Waals surface area contributed by atoms with Crippen LogP contribution in [0.2, 0.25) is 0 Å². The van der Waals surface area contributed by atoms with Crippen molar-refractivity contribution in [1.82, 2.24) is 0 Å². The highest BCUT2D eigenvalue weighted by molar-refractivity contribution is 9.10. The lowest BCUT2D eigenvalue weighted by molar-refractivity contribution is 0.621. The number of anilines is 1. The van der Waals surface area contributed by atoms with E-state index in [-0.39, 0.29) is 5.82 Å². The number of hydrogen-bond acceptors (Lipinski definition) is 2. The smallest absolute Gasteiger partial charge is 0.139 e. The average molecular weight is 292 g/mol. The monoisotopic (exact) mass is 291 g/mol. The molecule has 0 aliphatic rings. The van der Waals surface area contributed by atoms with E-state index in [2.05, 4.69) is 28.2 Å². The van der Waals surface area contributed by atoms with Gasteiger partial charge in [0.25, 0.3) is 0 Å². The van der Waals surface area contributed by atoms with Gasteiger partial charge in [-0.25, -0.2) is 4.39 Å². The highest BCUT2D eigenvalue weighted by Gasteiger charge is 1.99. The summed E-state index contributed by atoms with van der Waals surface area (Å²) >= 11 is 5.05. The minimum atomic E-state index is -0.220. The van der Waals surface area contributed by atoms with E-state index in [1.54, 1.807) is 6.07 Å². The van der Waals surface area contributed by atoms with E-state index in [1.165, 1.54) is 6.07 Å². The molecule has 0 spiro atoms. The molecule has 1 aromatic rings. The summed E-state index contributed by atoms with van der Waals surface area (Å²) in [6.45, 7) is 3.05.